The van der Waals surface area contributed by atoms with Crippen LogP contribution in [0.2, 0.25) is 0 Å². The van der Waals surface area contributed by atoms with E-state index in [1.165, 1.54) is 0 Å². The minimum Gasteiger partial charge on any atom is -0.477 e. The Morgan fingerprint density at radius 3 is 2.39 bits per heavy atom. The second-order valence-electron chi connectivity index (χ2n) is 5.48. The van der Waals surface area contributed by atoms with Crippen molar-refractivity contribution in [3.63, 3.8) is 0 Å². The largest absolute Gasteiger partial charge is 0.477 e. The van der Waals surface area contributed by atoms with Gasteiger partial charge in [0.25, 0.3) is 0 Å². The van der Waals surface area contributed by atoms with E-state index in [1.807, 2.05) is 6.07 Å². The highest BCUT2D eigenvalue weighted by molar-refractivity contribution is 5.88. The highest BCUT2D eigenvalue weighted by Gasteiger charge is 2.22. The van der Waals surface area contributed by atoms with Gasteiger partial charge >= 0.3 is 5.97 Å². The molecule has 1 N–H and O–H groups in total. The first-order chi connectivity index (χ1) is 8.21. The predicted molar refractivity (Wildman–Crippen MR) is 68.1 cm³/mol. The summed E-state index contributed by atoms with van der Waals surface area (Å²) in [7, 11) is 0. The van der Waals surface area contributed by atoms with Crippen molar-refractivity contribution in [3.8, 4) is 0 Å². The third-order valence-corrected chi connectivity index (χ3v) is 2.92. The number of fused-ring (bicyclic) bond motifs is 1. The number of nitrogens with zero attached hydrogens (tertiary/aromatic N) is 3. The Kier molecular flexibility index (Phi) is 2.65. The number of hydrogen-bond donors (Lipinski definition) is 1. The fourth-order valence-corrected chi connectivity index (χ4v) is 1.99. The molecule has 5 heteroatoms. The van der Waals surface area contributed by atoms with E-state index in [0.717, 1.165) is 5.69 Å². The lowest BCUT2D eigenvalue weighted by Crippen LogP contribution is -2.16. The molecule has 0 aliphatic carbocycles. The molecule has 0 saturated heterocycles. The van der Waals surface area contributed by atoms with Crippen molar-refractivity contribution in [1.82, 2.24) is 14.4 Å². The molecule has 5 nitrogen and oxygen atoms in total. The van der Waals surface area contributed by atoms with Crippen LogP contribution in [-0.4, -0.2) is 25.4 Å². The molecule has 2 rings (SSSR count). The van der Waals surface area contributed by atoms with Gasteiger partial charge in [0.2, 0.25) is 0 Å². The number of imidazole rings is 1. The van der Waals surface area contributed by atoms with Gasteiger partial charge < -0.3 is 5.11 Å². The zero-order valence-electron chi connectivity index (χ0n) is 11.3. The zero-order valence-corrected chi connectivity index (χ0v) is 11.3. The molecule has 0 radical (unpaired) electrons. The van der Waals surface area contributed by atoms with Crippen LogP contribution in [0.3, 0.4) is 0 Å². The Labute approximate surface area is 105 Å². The Hall–Kier alpha value is -1.91. The van der Waals surface area contributed by atoms with Crippen LogP contribution in [-0.2, 0) is 5.41 Å². The Morgan fingerprint density at radius 2 is 1.89 bits per heavy atom. The van der Waals surface area contributed by atoms with Gasteiger partial charge in [-0.1, -0.05) is 20.8 Å². The third-order valence-electron chi connectivity index (χ3n) is 2.92. The Balaban J connectivity index is 2.82. The van der Waals surface area contributed by atoms with Crippen molar-refractivity contribution in [2.75, 3.05) is 0 Å². The van der Waals surface area contributed by atoms with Crippen LogP contribution in [0.5, 0.6) is 0 Å². The molecular weight excluding hydrogens is 230 g/mol. The highest BCUT2D eigenvalue weighted by Crippen LogP contribution is 2.23. The van der Waals surface area contributed by atoms with Crippen molar-refractivity contribution in [1.29, 1.82) is 0 Å². The van der Waals surface area contributed by atoms with E-state index in [0.29, 0.717) is 17.2 Å². The quantitative estimate of drug-likeness (QED) is 0.839. The number of carboxylic acid groups (broad SMARTS) is 1. The molecule has 0 unspecified atom stereocenters. The summed E-state index contributed by atoms with van der Waals surface area (Å²) < 4.78 is 1.59. The summed E-state index contributed by atoms with van der Waals surface area (Å²) in [6.45, 7) is 9.71. The molecule has 0 aromatic carbocycles. The molecule has 0 bridgehead atoms. The maximum Gasteiger partial charge on any atom is 0.354 e. The molecule has 0 amide bonds. The van der Waals surface area contributed by atoms with Crippen molar-refractivity contribution in [3.05, 3.63) is 29.0 Å². The fourth-order valence-electron chi connectivity index (χ4n) is 1.99. The monoisotopic (exact) mass is 247 g/mol. The highest BCUT2D eigenvalue weighted by atomic mass is 16.4. The van der Waals surface area contributed by atoms with E-state index in [9.17, 15) is 9.90 Å². The average Bonchev–Trinajstić information content (AvgIpc) is 2.53. The SMILES string of the molecule is Cc1nc2cc(C(C)(C)C)nc(C)n2c1C(=O)O. The second kappa shape index (κ2) is 3.80. The van der Waals surface area contributed by atoms with E-state index >= 15 is 0 Å². The first kappa shape index (κ1) is 12.5. The van der Waals surface area contributed by atoms with Gasteiger partial charge in [-0.15, -0.1) is 0 Å². The molecule has 2 aromatic heterocycles. The van der Waals surface area contributed by atoms with Gasteiger partial charge in [-0.25, -0.2) is 14.8 Å². The summed E-state index contributed by atoms with van der Waals surface area (Å²) in [5, 5.41) is 9.22. The number of rotatable bonds is 1. The second-order valence-corrected chi connectivity index (χ2v) is 5.48. The minimum atomic E-state index is -0.978. The van der Waals surface area contributed by atoms with E-state index in [2.05, 4.69) is 30.7 Å². The molecule has 0 aliphatic heterocycles. The summed E-state index contributed by atoms with van der Waals surface area (Å²) >= 11 is 0. The first-order valence-electron chi connectivity index (χ1n) is 5.82. The lowest BCUT2D eigenvalue weighted by atomic mass is 9.92. The third kappa shape index (κ3) is 1.85. The predicted octanol–water partition coefficient (Wildman–Crippen LogP) is 2.34. The number of aryl methyl sites for hydroxylation is 2. The maximum atomic E-state index is 11.2. The maximum absolute atomic E-state index is 11.2. The van der Waals surface area contributed by atoms with Crippen LogP contribution in [0.15, 0.2) is 6.07 Å². The number of aromatic nitrogens is 3. The summed E-state index contributed by atoms with van der Waals surface area (Å²) in [6.07, 6.45) is 0. The molecule has 18 heavy (non-hydrogen) atoms. The van der Waals surface area contributed by atoms with Crippen molar-refractivity contribution in [2.24, 2.45) is 0 Å². The molecule has 0 atom stereocenters. The van der Waals surface area contributed by atoms with Crippen molar-refractivity contribution >= 4 is 11.6 Å². The summed E-state index contributed by atoms with van der Waals surface area (Å²) in [6, 6.07) is 1.85. The zero-order chi connectivity index (χ0) is 13.7. The topological polar surface area (TPSA) is 67.5 Å². The molecule has 0 fully saturated rings. The minimum absolute atomic E-state index is 0.0875. The van der Waals surface area contributed by atoms with Gasteiger partial charge in [-0.05, 0) is 13.8 Å². The van der Waals surface area contributed by atoms with E-state index in [1.54, 1.807) is 18.2 Å². The fraction of sp³-hybridized carbons (Fsp3) is 0.462. The molecule has 0 aliphatic rings. The first-order valence-corrected chi connectivity index (χ1v) is 5.82. The number of carbonyl (C=O) groups is 1. The Morgan fingerprint density at radius 1 is 1.28 bits per heavy atom. The van der Waals surface area contributed by atoms with Gasteiger partial charge in [0, 0.05) is 11.5 Å². The van der Waals surface area contributed by atoms with Crippen LogP contribution in [0, 0.1) is 13.8 Å². The normalized spacial score (nSPS) is 12.1. The Bertz CT molecular complexity index is 636. The lowest BCUT2D eigenvalue weighted by Gasteiger charge is -2.18. The van der Waals surface area contributed by atoms with Crippen molar-refractivity contribution in [2.45, 2.75) is 40.0 Å². The number of carboxylic acids is 1. The molecule has 96 valence electrons. The molecule has 0 saturated carbocycles. The smallest absolute Gasteiger partial charge is 0.354 e. The van der Waals surface area contributed by atoms with Crippen LogP contribution >= 0.6 is 0 Å². The van der Waals surface area contributed by atoms with Crippen LogP contribution in [0.4, 0.5) is 0 Å². The summed E-state index contributed by atoms with van der Waals surface area (Å²) in [5.74, 6) is -0.330. The molecule has 2 heterocycles. The van der Waals surface area contributed by atoms with Gasteiger partial charge in [0.15, 0.2) is 5.69 Å². The standard InChI is InChI=1S/C13H17N3O2/c1-7-11(12(17)18)16-8(2)15-9(13(3,4)5)6-10(16)14-7/h6H,1-5H3,(H,17,18). The summed E-state index contributed by atoms with van der Waals surface area (Å²) in [5.41, 5.74) is 2.17. The van der Waals surface area contributed by atoms with Crippen LogP contribution in [0.25, 0.3) is 5.65 Å². The van der Waals surface area contributed by atoms with E-state index in [4.69, 9.17) is 0 Å². The van der Waals surface area contributed by atoms with Gasteiger partial charge in [-0.3, -0.25) is 4.40 Å². The van der Waals surface area contributed by atoms with E-state index in [-0.39, 0.29) is 11.1 Å². The van der Waals surface area contributed by atoms with Gasteiger partial charge in [0.05, 0.1) is 11.4 Å². The number of aromatic carboxylic acids is 1. The van der Waals surface area contributed by atoms with Crippen molar-refractivity contribution < 1.29 is 9.90 Å². The summed E-state index contributed by atoms with van der Waals surface area (Å²) in [4.78, 5) is 20.0. The molecular formula is C13H17N3O2. The average molecular weight is 247 g/mol. The number of hydrogen-bond acceptors (Lipinski definition) is 3. The van der Waals surface area contributed by atoms with Crippen LogP contribution < -0.4 is 0 Å². The molecule has 2 aromatic rings. The van der Waals surface area contributed by atoms with Crippen LogP contribution in [0.1, 0.15) is 48.5 Å². The van der Waals surface area contributed by atoms with E-state index < -0.39 is 5.97 Å². The van der Waals surface area contributed by atoms with Gasteiger partial charge in [0.1, 0.15) is 11.5 Å². The molecule has 0 spiro atoms. The lowest BCUT2D eigenvalue weighted by molar-refractivity contribution is 0.0688. The van der Waals surface area contributed by atoms with Gasteiger partial charge in [-0.2, -0.15) is 0 Å².